The molecule has 9 heteroatoms. The Morgan fingerprint density at radius 3 is 2.90 bits per heavy atom. The van der Waals surface area contributed by atoms with Crippen LogP contribution in [0.1, 0.15) is 10.6 Å². The van der Waals surface area contributed by atoms with Gasteiger partial charge in [0, 0.05) is 36.6 Å². The molecule has 1 aliphatic rings. The highest BCUT2D eigenvalue weighted by Gasteiger charge is 2.27. The maximum Gasteiger partial charge on any atom is 0.138 e. The van der Waals surface area contributed by atoms with Gasteiger partial charge >= 0.3 is 0 Å². The third-order valence-corrected chi connectivity index (χ3v) is 6.88. The Morgan fingerprint density at radius 1 is 1.13 bits per heavy atom. The number of anilines is 1. The Balaban J connectivity index is 1.27. The highest BCUT2D eigenvalue weighted by Crippen LogP contribution is 2.27. The van der Waals surface area contributed by atoms with Crippen molar-refractivity contribution in [2.75, 3.05) is 25.4 Å². The molecule has 1 unspecified atom stereocenters. The number of aromatic nitrogens is 3. The number of carbonyl (C=O) groups excluding carboxylic acids is 1. The molecule has 0 amide bonds. The smallest absolute Gasteiger partial charge is 0.138 e. The first-order valence-corrected chi connectivity index (χ1v) is 11.2. The molecule has 0 bridgehead atoms. The van der Waals surface area contributed by atoms with Gasteiger partial charge < -0.3 is 10.5 Å². The van der Waals surface area contributed by atoms with Gasteiger partial charge in [-0.1, -0.05) is 17.7 Å². The lowest BCUT2D eigenvalue weighted by molar-refractivity contribution is -0.115. The van der Waals surface area contributed by atoms with Crippen molar-refractivity contribution < 1.29 is 4.79 Å². The molecule has 1 atom stereocenters. The van der Waals surface area contributed by atoms with Crippen molar-refractivity contribution in [1.29, 1.82) is 0 Å². The molecular formula is C22H21ClN6OS. The molecular weight excluding hydrogens is 432 g/mol. The van der Waals surface area contributed by atoms with E-state index in [9.17, 15) is 4.79 Å². The maximum atomic E-state index is 11.9. The van der Waals surface area contributed by atoms with Crippen LogP contribution >= 0.6 is 22.9 Å². The van der Waals surface area contributed by atoms with E-state index < -0.39 is 0 Å². The van der Waals surface area contributed by atoms with E-state index >= 15 is 0 Å². The van der Waals surface area contributed by atoms with Crippen LogP contribution < -0.4 is 5.73 Å². The van der Waals surface area contributed by atoms with Crippen LogP contribution in [-0.4, -0.2) is 56.7 Å². The van der Waals surface area contributed by atoms with Crippen molar-refractivity contribution in [2.45, 2.75) is 19.1 Å². The zero-order chi connectivity index (χ0) is 21.4. The molecule has 1 fully saturated rings. The van der Waals surface area contributed by atoms with Gasteiger partial charge in [0.05, 0.1) is 28.3 Å². The number of thiazole rings is 1. The summed E-state index contributed by atoms with van der Waals surface area (Å²) < 4.78 is 1.09. The van der Waals surface area contributed by atoms with Gasteiger partial charge in [0.2, 0.25) is 0 Å². The van der Waals surface area contributed by atoms with Crippen molar-refractivity contribution >= 4 is 56.2 Å². The van der Waals surface area contributed by atoms with Crippen molar-refractivity contribution in [2.24, 2.45) is 0 Å². The summed E-state index contributed by atoms with van der Waals surface area (Å²) in [5, 5.41) is 2.61. The van der Waals surface area contributed by atoms with Gasteiger partial charge in [0.1, 0.15) is 23.4 Å². The molecule has 0 spiro atoms. The van der Waals surface area contributed by atoms with Crippen molar-refractivity contribution in [1.82, 2.24) is 24.8 Å². The summed E-state index contributed by atoms with van der Waals surface area (Å²) in [6, 6.07) is 11.6. The Labute approximate surface area is 188 Å². The van der Waals surface area contributed by atoms with Crippen molar-refractivity contribution in [3.05, 3.63) is 58.3 Å². The minimum atomic E-state index is -0.163. The summed E-state index contributed by atoms with van der Waals surface area (Å²) in [6.45, 7) is 3.80. The van der Waals surface area contributed by atoms with E-state index in [4.69, 9.17) is 22.3 Å². The van der Waals surface area contributed by atoms with E-state index in [-0.39, 0.29) is 6.04 Å². The number of nitrogens with two attached hydrogens (primary N) is 1. The number of aldehydes is 1. The first-order chi connectivity index (χ1) is 15.1. The highest BCUT2D eigenvalue weighted by molar-refractivity contribution is 7.18. The third kappa shape index (κ3) is 4.24. The number of halogens is 1. The molecule has 0 aliphatic carbocycles. The van der Waals surface area contributed by atoms with E-state index in [0.29, 0.717) is 18.9 Å². The number of rotatable bonds is 5. The van der Waals surface area contributed by atoms with Crippen molar-refractivity contribution in [3.63, 3.8) is 0 Å². The molecule has 0 saturated carbocycles. The summed E-state index contributed by atoms with van der Waals surface area (Å²) >= 11 is 7.75. The largest absolute Gasteiger partial charge is 0.383 e. The predicted octanol–water partition coefficient (Wildman–Crippen LogP) is 3.36. The van der Waals surface area contributed by atoms with Crippen LogP contribution in [0.4, 0.5) is 5.82 Å². The van der Waals surface area contributed by atoms with E-state index in [1.165, 1.54) is 6.33 Å². The Kier molecular flexibility index (Phi) is 5.54. The molecule has 5 rings (SSSR count). The first-order valence-electron chi connectivity index (χ1n) is 10.0. The summed E-state index contributed by atoms with van der Waals surface area (Å²) in [5.41, 5.74) is 8.82. The van der Waals surface area contributed by atoms with Crippen LogP contribution in [0.3, 0.4) is 0 Å². The Morgan fingerprint density at radius 2 is 2.03 bits per heavy atom. The standard InChI is InChI=1S/C22H21ClN6OS/c23-15-2-4-18-20(8-15)31-21(27-18)11-28-5-6-29(16(10-28)12-30)9-14-1-3-17-19(7-14)25-13-26-22(17)24/h1-4,7-8,12-13,16H,5-6,9-11H2,(H2,24,25,26). The molecule has 2 aromatic carbocycles. The van der Waals surface area contributed by atoms with Gasteiger partial charge in [-0.05, 0) is 35.9 Å². The number of fused-ring (bicyclic) bond motifs is 2. The number of benzene rings is 2. The van der Waals surface area contributed by atoms with E-state index in [1.54, 1.807) is 11.3 Å². The number of piperazine rings is 1. The third-order valence-electron chi connectivity index (χ3n) is 5.65. The topological polar surface area (TPSA) is 88.2 Å². The van der Waals surface area contributed by atoms with Gasteiger partial charge in [-0.15, -0.1) is 11.3 Å². The van der Waals surface area contributed by atoms with Crippen LogP contribution in [0.5, 0.6) is 0 Å². The second-order valence-corrected chi connectivity index (χ2v) is 9.29. The maximum absolute atomic E-state index is 11.9. The highest BCUT2D eigenvalue weighted by atomic mass is 35.5. The SMILES string of the molecule is Nc1ncnc2cc(CN3CCN(Cc4nc5ccc(Cl)cc5s4)CC3C=O)ccc12. The van der Waals surface area contributed by atoms with Gasteiger partial charge in [-0.25, -0.2) is 15.0 Å². The van der Waals surface area contributed by atoms with Gasteiger partial charge in [-0.2, -0.15) is 0 Å². The van der Waals surface area contributed by atoms with E-state index in [0.717, 1.165) is 62.6 Å². The molecule has 4 aromatic rings. The average Bonchev–Trinajstić information content (AvgIpc) is 3.16. The quantitative estimate of drug-likeness (QED) is 0.464. The molecule has 7 nitrogen and oxygen atoms in total. The lowest BCUT2D eigenvalue weighted by atomic mass is 10.1. The van der Waals surface area contributed by atoms with Gasteiger partial charge in [0.25, 0.3) is 0 Å². The van der Waals surface area contributed by atoms with Gasteiger partial charge in [0.15, 0.2) is 0 Å². The second kappa shape index (κ2) is 8.47. The van der Waals surface area contributed by atoms with Crippen LogP contribution in [-0.2, 0) is 17.9 Å². The summed E-state index contributed by atoms with van der Waals surface area (Å²) in [4.78, 5) is 29.4. The number of carbonyl (C=O) groups is 1. The Hall–Kier alpha value is -2.65. The minimum Gasteiger partial charge on any atom is -0.383 e. The molecule has 0 radical (unpaired) electrons. The molecule has 31 heavy (non-hydrogen) atoms. The first kappa shape index (κ1) is 20.3. The van der Waals surface area contributed by atoms with Crippen LogP contribution in [0, 0.1) is 0 Å². The molecule has 2 N–H and O–H groups in total. The monoisotopic (exact) mass is 452 g/mol. The molecule has 158 valence electrons. The number of hydrogen-bond acceptors (Lipinski definition) is 8. The zero-order valence-electron chi connectivity index (χ0n) is 16.7. The zero-order valence-corrected chi connectivity index (χ0v) is 18.3. The fourth-order valence-electron chi connectivity index (χ4n) is 4.04. The Bertz CT molecular complexity index is 1260. The molecule has 3 heterocycles. The van der Waals surface area contributed by atoms with Gasteiger partial charge in [-0.3, -0.25) is 9.80 Å². The van der Waals surface area contributed by atoms with Crippen molar-refractivity contribution in [3.8, 4) is 0 Å². The number of nitrogen functional groups attached to an aromatic ring is 1. The van der Waals surface area contributed by atoms with Crippen LogP contribution in [0.2, 0.25) is 5.02 Å². The minimum absolute atomic E-state index is 0.163. The second-order valence-electron chi connectivity index (χ2n) is 7.74. The lowest BCUT2D eigenvalue weighted by Gasteiger charge is -2.38. The van der Waals surface area contributed by atoms with Crippen LogP contribution in [0.15, 0.2) is 42.7 Å². The summed E-state index contributed by atoms with van der Waals surface area (Å²) in [6.07, 6.45) is 2.52. The molecule has 1 saturated heterocycles. The number of nitrogens with zero attached hydrogens (tertiary/aromatic N) is 5. The van der Waals surface area contributed by atoms with Crippen LogP contribution in [0.25, 0.3) is 21.1 Å². The predicted molar refractivity (Wildman–Crippen MR) is 124 cm³/mol. The summed E-state index contributed by atoms with van der Waals surface area (Å²) in [7, 11) is 0. The molecule has 2 aromatic heterocycles. The lowest BCUT2D eigenvalue weighted by Crippen LogP contribution is -2.53. The normalized spacial score (nSPS) is 18.0. The van der Waals surface area contributed by atoms with E-state index in [1.807, 2.05) is 36.4 Å². The average molecular weight is 453 g/mol. The molecule has 1 aliphatic heterocycles. The fraction of sp³-hybridized carbons (Fsp3) is 0.273. The van der Waals surface area contributed by atoms with E-state index in [2.05, 4.69) is 19.8 Å². The summed E-state index contributed by atoms with van der Waals surface area (Å²) in [5.74, 6) is 0.480. The fourth-order valence-corrected chi connectivity index (χ4v) is 5.32. The number of hydrogen-bond donors (Lipinski definition) is 1.